The molecule has 2 rings (SSSR count). The van der Waals surface area contributed by atoms with Gasteiger partial charge in [0.1, 0.15) is 5.75 Å². The van der Waals surface area contributed by atoms with E-state index in [1.54, 1.807) is 30.3 Å². The summed E-state index contributed by atoms with van der Waals surface area (Å²) in [6.45, 7) is 6.38. The number of carbonyl (C=O) groups excluding carboxylic acids is 2. The summed E-state index contributed by atoms with van der Waals surface area (Å²) >= 11 is 0. The van der Waals surface area contributed by atoms with Crippen LogP contribution in [0.5, 0.6) is 5.75 Å². The highest BCUT2D eigenvalue weighted by molar-refractivity contribution is 6.03. The molecule has 5 nitrogen and oxygen atoms in total. The van der Waals surface area contributed by atoms with Crippen molar-refractivity contribution in [2.75, 3.05) is 18.5 Å². The maximum atomic E-state index is 12.2. The molecule has 0 saturated heterocycles. The molecule has 2 aromatic rings. The summed E-state index contributed by atoms with van der Waals surface area (Å²) in [7, 11) is 0. The van der Waals surface area contributed by atoms with Crippen molar-refractivity contribution in [3.63, 3.8) is 0 Å². The Morgan fingerprint density at radius 2 is 1.85 bits per heavy atom. The van der Waals surface area contributed by atoms with Gasteiger partial charge in [-0.25, -0.2) is 0 Å². The van der Waals surface area contributed by atoms with E-state index in [2.05, 4.69) is 17.2 Å². The fourth-order valence-electron chi connectivity index (χ4n) is 2.40. The molecule has 0 aromatic heterocycles. The van der Waals surface area contributed by atoms with E-state index >= 15 is 0 Å². The van der Waals surface area contributed by atoms with Crippen LogP contribution in [-0.4, -0.2) is 25.0 Å². The molecule has 26 heavy (non-hydrogen) atoms. The molecule has 0 bridgehead atoms. The summed E-state index contributed by atoms with van der Waals surface area (Å²) in [4.78, 5) is 24.3. The molecule has 0 unspecified atom stereocenters. The maximum absolute atomic E-state index is 12.2. The number of benzene rings is 2. The SMILES string of the molecule is C=CCNC(=O)c1ccccc1NC(=O)CCCOc1ccccc1C. The largest absolute Gasteiger partial charge is 0.493 e. The molecule has 0 aliphatic carbocycles. The van der Waals surface area contributed by atoms with Crippen LogP contribution in [0.15, 0.2) is 61.2 Å². The summed E-state index contributed by atoms with van der Waals surface area (Å²) < 4.78 is 5.69. The van der Waals surface area contributed by atoms with Crippen molar-refractivity contribution >= 4 is 17.5 Å². The number of amides is 2. The van der Waals surface area contributed by atoms with Gasteiger partial charge in [0, 0.05) is 13.0 Å². The van der Waals surface area contributed by atoms with Crippen LogP contribution in [0.3, 0.4) is 0 Å². The zero-order valence-electron chi connectivity index (χ0n) is 15.0. The van der Waals surface area contributed by atoms with E-state index in [-0.39, 0.29) is 11.8 Å². The Balaban J connectivity index is 1.83. The molecule has 2 aromatic carbocycles. The van der Waals surface area contributed by atoms with Crippen molar-refractivity contribution in [1.82, 2.24) is 5.32 Å². The quantitative estimate of drug-likeness (QED) is 0.534. The Hall–Kier alpha value is -3.08. The summed E-state index contributed by atoms with van der Waals surface area (Å²) in [6.07, 6.45) is 2.51. The number of hydrogen-bond acceptors (Lipinski definition) is 3. The lowest BCUT2D eigenvalue weighted by Crippen LogP contribution is -2.25. The third kappa shape index (κ3) is 5.77. The first kappa shape index (κ1) is 19.2. The van der Waals surface area contributed by atoms with Crippen LogP contribution in [0.25, 0.3) is 0 Å². The van der Waals surface area contributed by atoms with Crippen molar-refractivity contribution in [2.24, 2.45) is 0 Å². The number of ether oxygens (including phenoxy) is 1. The second kappa shape index (κ2) is 10.0. The first-order valence-electron chi connectivity index (χ1n) is 8.58. The highest BCUT2D eigenvalue weighted by Crippen LogP contribution is 2.17. The summed E-state index contributed by atoms with van der Waals surface area (Å²) in [5.74, 6) is 0.434. The molecule has 0 atom stereocenters. The Labute approximate surface area is 154 Å². The summed E-state index contributed by atoms with van der Waals surface area (Å²) in [5.41, 5.74) is 1.99. The predicted molar refractivity (Wildman–Crippen MR) is 104 cm³/mol. The summed E-state index contributed by atoms with van der Waals surface area (Å²) in [6, 6.07) is 14.7. The Morgan fingerprint density at radius 3 is 2.62 bits per heavy atom. The first-order valence-corrected chi connectivity index (χ1v) is 8.58. The topological polar surface area (TPSA) is 67.4 Å². The smallest absolute Gasteiger partial charge is 0.253 e. The van der Waals surface area contributed by atoms with Gasteiger partial charge in [0.2, 0.25) is 5.91 Å². The number of nitrogens with one attached hydrogen (secondary N) is 2. The fourth-order valence-corrected chi connectivity index (χ4v) is 2.40. The molecule has 0 heterocycles. The van der Waals surface area contributed by atoms with Gasteiger partial charge >= 0.3 is 0 Å². The van der Waals surface area contributed by atoms with Gasteiger partial charge in [-0.15, -0.1) is 6.58 Å². The van der Waals surface area contributed by atoms with E-state index in [1.807, 2.05) is 31.2 Å². The van der Waals surface area contributed by atoms with Crippen molar-refractivity contribution in [2.45, 2.75) is 19.8 Å². The Bertz CT molecular complexity index is 771. The van der Waals surface area contributed by atoms with Crippen molar-refractivity contribution in [3.8, 4) is 5.75 Å². The Kier molecular flexibility index (Phi) is 7.43. The van der Waals surface area contributed by atoms with Gasteiger partial charge < -0.3 is 15.4 Å². The number of carbonyl (C=O) groups is 2. The molecule has 136 valence electrons. The van der Waals surface area contributed by atoms with Gasteiger partial charge in [-0.2, -0.15) is 0 Å². The van der Waals surface area contributed by atoms with Crippen molar-refractivity contribution < 1.29 is 14.3 Å². The third-order valence-electron chi connectivity index (χ3n) is 3.75. The zero-order chi connectivity index (χ0) is 18.8. The molecule has 0 saturated carbocycles. The molecule has 0 radical (unpaired) electrons. The number of para-hydroxylation sites is 2. The van der Waals surface area contributed by atoms with E-state index in [9.17, 15) is 9.59 Å². The van der Waals surface area contributed by atoms with Crippen LogP contribution < -0.4 is 15.4 Å². The van der Waals surface area contributed by atoms with Gasteiger partial charge in [-0.1, -0.05) is 36.4 Å². The zero-order valence-corrected chi connectivity index (χ0v) is 15.0. The number of hydrogen-bond donors (Lipinski definition) is 2. The van der Waals surface area contributed by atoms with Gasteiger partial charge in [0.15, 0.2) is 0 Å². The minimum atomic E-state index is -0.247. The number of anilines is 1. The molecule has 0 spiro atoms. The lowest BCUT2D eigenvalue weighted by atomic mass is 10.1. The Morgan fingerprint density at radius 1 is 1.12 bits per heavy atom. The van der Waals surface area contributed by atoms with Crippen LogP contribution in [0.4, 0.5) is 5.69 Å². The van der Waals surface area contributed by atoms with E-state index in [0.717, 1.165) is 11.3 Å². The van der Waals surface area contributed by atoms with E-state index in [4.69, 9.17) is 4.74 Å². The van der Waals surface area contributed by atoms with E-state index in [0.29, 0.717) is 37.2 Å². The normalized spacial score (nSPS) is 10.0. The van der Waals surface area contributed by atoms with Gasteiger partial charge in [-0.3, -0.25) is 9.59 Å². The second-order valence-corrected chi connectivity index (χ2v) is 5.81. The third-order valence-corrected chi connectivity index (χ3v) is 3.75. The van der Waals surface area contributed by atoms with Crippen molar-refractivity contribution in [3.05, 3.63) is 72.3 Å². The number of aryl methyl sites for hydroxylation is 1. The molecular weight excluding hydrogens is 328 g/mol. The highest BCUT2D eigenvalue weighted by Gasteiger charge is 2.12. The summed E-state index contributed by atoms with van der Waals surface area (Å²) in [5, 5.41) is 5.51. The standard InChI is InChI=1S/C21H24N2O3/c1-3-14-22-21(25)17-10-5-6-11-18(17)23-20(24)13-8-15-26-19-12-7-4-9-16(19)2/h3-7,9-12H,1,8,13-15H2,2H3,(H,22,25)(H,23,24). The van der Waals surface area contributed by atoms with Crippen molar-refractivity contribution in [1.29, 1.82) is 0 Å². The van der Waals surface area contributed by atoms with Gasteiger partial charge in [-0.05, 0) is 37.1 Å². The van der Waals surface area contributed by atoms with Gasteiger partial charge in [0.05, 0.1) is 17.9 Å². The molecule has 2 amide bonds. The lowest BCUT2D eigenvalue weighted by Gasteiger charge is -2.11. The van der Waals surface area contributed by atoms with Crippen LogP contribution >= 0.6 is 0 Å². The average Bonchev–Trinajstić information content (AvgIpc) is 2.65. The van der Waals surface area contributed by atoms with E-state index in [1.165, 1.54) is 0 Å². The monoisotopic (exact) mass is 352 g/mol. The van der Waals surface area contributed by atoms with Crippen LogP contribution in [-0.2, 0) is 4.79 Å². The molecule has 0 aliphatic heterocycles. The minimum Gasteiger partial charge on any atom is -0.493 e. The van der Waals surface area contributed by atoms with Gasteiger partial charge in [0.25, 0.3) is 5.91 Å². The van der Waals surface area contributed by atoms with Crippen LogP contribution in [0, 0.1) is 6.92 Å². The first-order chi connectivity index (χ1) is 12.6. The molecule has 0 aliphatic rings. The second-order valence-electron chi connectivity index (χ2n) is 5.81. The maximum Gasteiger partial charge on any atom is 0.253 e. The van der Waals surface area contributed by atoms with Crippen LogP contribution in [0.1, 0.15) is 28.8 Å². The number of rotatable bonds is 9. The molecule has 0 fully saturated rings. The molecule has 2 N–H and O–H groups in total. The lowest BCUT2D eigenvalue weighted by molar-refractivity contribution is -0.116. The highest BCUT2D eigenvalue weighted by atomic mass is 16.5. The van der Waals surface area contributed by atoms with E-state index < -0.39 is 0 Å². The fraction of sp³-hybridized carbons (Fsp3) is 0.238. The molecule has 5 heteroatoms. The minimum absolute atomic E-state index is 0.151. The molecular formula is C21H24N2O3. The van der Waals surface area contributed by atoms with Crippen LogP contribution in [0.2, 0.25) is 0 Å². The average molecular weight is 352 g/mol. The predicted octanol–water partition coefficient (Wildman–Crippen LogP) is 3.71.